The van der Waals surface area contributed by atoms with E-state index in [0.717, 1.165) is 49.8 Å². The number of aromatic amines is 1. The molecule has 1 aliphatic carbocycles. The summed E-state index contributed by atoms with van der Waals surface area (Å²) in [5.74, 6) is 1.35. The molecule has 9 heteroatoms. The Balaban J connectivity index is 1.35. The van der Waals surface area contributed by atoms with Gasteiger partial charge in [-0.05, 0) is 91.3 Å². The van der Waals surface area contributed by atoms with Crippen molar-refractivity contribution in [3.8, 4) is 16.9 Å². The first-order chi connectivity index (χ1) is 20.2. The van der Waals surface area contributed by atoms with Crippen LogP contribution in [0.25, 0.3) is 28.0 Å². The Labute approximate surface area is 251 Å². The lowest BCUT2D eigenvalue weighted by Crippen LogP contribution is -2.23. The molecule has 0 radical (unpaired) electrons. The fraction of sp³-hybridized carbons (Fsp3) is 0.424. The third-order valence-electron chi connectivity index (χ3n) is 8.39. The molecular formula is C33H40ClFN6O. The molecule has 0 saturated heterocycles. The van der Waals surface area contributed by atoms with Gasteiger partial charge in [-0.25, -0.2) is 9.18 Å². The van der Waals surface area contributed by atoms with E-state index in [0.29, 0.717) is 46.6 Å². The summed E-state index contributed by atoms with van der Waals surface area (Å²) in [6.07, 6.45) is 10.3. The number of halogens is 2. The molecule has 2 aromatic heterocycles. The van der Waals surface area contributed by atoms with Crippen LogP contribution in [0.2, 0.25) is 5.02 Å². The van der Waals surface area contributed by atoms with Crippen molar-refractivity contribution in [2.24, 2.45) is 28.3 Å². The van der Waals surface area contributed by atoms with Crippen LogP contribution in [0.4, 0.5) is 4.39 Å². The Hall–Kier alpha value is -3.65. The minimum atomic E-state index is -0.483. The molecule has 1 saturated carbocycles. The van der Waals surface area contributed by atoms with E-state index in [4.69, 9.17) is 23.1 Å². The molecule has 42 heavy (non-hydrogen) atoms. The van der Waals surface area contributed by atoms with Gasteiger partial charge in [0, 0.05) is 23.7 Å². The molecule has 5 rings (SSSR count). The highest BCUT2D eigenvalue weighted by atomic mass is 35.5. The van der Waals surface area contributed by atoms with Gasteiger partial charge in [-0.1, -0.05) is 56.8 Å². The van der Waals surface area contributed by atoms with E-state index in [-0.39, 0.29) is 11.0 Å². The summed E-state index contributed by atoms with van der Waals surface area (Å²) in [5, 5.41) is 0.807. The number of aliphatic imine (C=N–C) groups is 1. The van der Waals surface area contributed by atoms with Crippen molar-refractivity contribution in [3.05, 3.63) is 81.1 Å². The minimum absolute atomic E-state index is 0.0939. The second kappa shape index (κ2) is 13.1. The monoisotopic (exact) mass is 590 g/mol. The molecule has 0 bridgehead atoms. The third kappa shape index (κ3) is 7.04. The Bertz CT molecular complexity index is 1620. The van der Waals surface area contributed by atoms with Gasteiger partial charge in [0.05, 0.1) is 16.4 Å². The van der Waals surface area contributed by atoms with Gasteiger partial charge in [0.1, 0.15) is 5.65 Å². The molecule has 1 fully saturated rings. The van der Waals surface area contributed by atoms with Gasteiger partial charge in [0.25, 0.3) is 0 Å². The van der Waals surface area contributed by atoms with Crippen molar-refractivity contribution in [3.63, 3.8) is 0 Å². The molecule has 2 heterocycles. The molecule has 2 atom stereocenters. The van der Waals surface area contributed by atoms with Crippen molar-refractivity contribution >= 4 is 28.6 Å². The van der Waals surface area contributed by atoms with Crippen LogP contribution in [-0.2, 0) is 6.42 Å². The van der Waals surface area contributed by atoms with Gasteiger partial charge in [0.15, 0.2) is 11.8 Å². The predicted molar refractivity (Wildman–Crippen MR) is 170 cm³/mol. The maximum Gasteiger partial charge on any atom is 0.354 e. The van der Waals surface area contributed by atoms with Crippen LogP contribution < -0.4 is 17.2 Å². The van der Waals surface area contributed by atoms with E-state index in [1.807, 2.05) is 24.3 Å². The third-order valence-corrected chi connectivity index (χ3v) is 8.67. The normalized spacial score (nSPS) is 17.2. The lowest BCUT2D eigenvalue weighted by Gasteiger charge is -2.29. The fourth-order valence-electron chi connectivity index (χ4n) is 6.16. The van der Waals surface area contributed by atoms with E-state index in [1.165, 1.54) is 23.0 Å². The average Bonchev–Trinajstić information content (AvgIpc) is 3.37. The van der Waals surface area contributed by atoms with E-state index in [1.54, 1.807) is 12.3 Å². The zero-order chi connectivity index (χ0) is 29.8. The second-order valence-corrected chi connectivity index (χ2v) is 12.4. The predicted octanol–water partition coefficient (Wildman–Crippen LogP) is 7.09. The van der Waals surface area contributed by atoms with Crippen molar-refractivity contribution in [2.45, 2.75) is 71.1 Å². The number of H-pyrrole nitrogens is 1. The van der Waals surface area contributed by atoms with Crippen LogP contribution in [0.5, 0.6) is 0 Å². The van der Waals surface area contributed by atoms with Crippen molar-refractivity contribution in [1.29, 1.82) is 0 Å². The van der Waals surface area contributed by atoms with Gasteiger partial charge in [-0.15, -0.1) is 0 Å². The van der Waals surface area contributed by atoms with Crippen LogP contribution in [-0.4, -0.2) is 27.0 Å². The molecule has 222 valence electrons. The molecule has 1 aliphatic rings. The molecule has 2 aromatic carbocycles. The number of hydrogen-bond acceptors (Lipinski definition) is 3. The molecule has 0 aliphatic heterocycles. The van der Waals surface area contributed by atoms with Gasteiger partial charge < -0.3 is 16.5 Å². The van der Waals surface area contributed by atoms with Crippen molar-refractivity contribution < 1.29 is 4.39 Å². The maximum absolute atomic E-state index is 15.1. The fourth-order valence-corrected chi connectivity index (χ4v) is 6.41. The lowest BCUT2D eigenvalue weighted by molar-refractivity contribution is 0.309. The molecule has 4 aromatic rings. The summed E-state index contributed by atoms with van der Waals surface area (Å²) < 4.78 is 16.7. The summed E-state index contributed by atoms with van der Waals surface area (Å²) in [5.41, 5.74) is 14.9. The highest BCUT2D eigenvalue weighted by molar-refractivity contribution is 6.31. The Morgan fingerprint density at radius 2 is 1.98 bits per heavy atom. The van der Waals surface area contributed by atoms with Gasteiger partial charge in [-0.3, -0.25) is 9.56 Å². The quantitative estimate of drug-likeness (QED) is 0.135. The zero-order valence-corrected chi connectivity index (χ0v) is 25.1. The Morgan fingerprint density at radius 1 is 1.19 bits per heavy atom. The van der Waals surface area contributed by atoms with E-state index in [9.17, 15) is 4.79 Å². The first-order valence-electron chi connectivity index (χ1n) is 14.9. The van der Waals surface area contributed by atoms with E-state index >= 15 is 4.39 Å². The number of rotatable bonds is 10. The first kappa shape index (κ1) is 29.8. The standard InChI is InChI=1S/C33H40ClFN6O/c1-20(2)5-3-7-22-16-27(30(35)28(34)17-22)29-18-25-19-41(33(42)40-31(25)39-29)26-11-9-23(10-12-26)24-8-4-6-21(15-24)13-14-38-32(36)37/h9-12,16-21,24H,3-8,13-15H2,1-2H3,(H4,36,37,38)(H,39,40,42)/t21-,24+/m0/s1. The smallest absolute Gasteiger partial charge is 0.354 e. The zero-order valence-electron chi connectivity index (χ0n) is 24.4. The highest BCUT2D eigenvalue weighted by Gasteiger charge is 2.23. The molecule has 5 N–H and O–H groups in total. The summed E-state index contributed by atoms with van der Waals surface area (Å²) in [6.45, 7) is 5.05. The number of aryl methyl sites for hydroxylation is 1. The van der Waals surface area contributed by atoms with E-state index < -0.39 is 11.5 Å². The number of hydrogen-bond donors (Lipinski definition) is 3. The summed E-state index contributed by atoms with van der Waals surface area (Å²) in [4.78, 5) is 24.6. The van der Waals surface area contributed by atoms with Crippen LogP contribution >= 0.6 is 11.6 Å². The van der Waals surface area contributed by atoms with Crippen LogP contribution in [0.15, 0.2) is 58.4 Å². The number of fused-ring (bicyclic) bond motifs is 1. The molecular weight excluding hydrogens is 551 g/mol. The number of aromatic nitrogens is 3. The van der Waals surface area contributed by atoms with Crippen LogP contribution in [0.3, 0.4) is 0 Å². The Kier molecular flexibility index (Phi) is 9.31. The van der Waals surface area contributed by atoms with Crippen molar-refractivity contribution in [2.75, 3.05) is 6.54 Å². The molecule has 7 nitrogen and oxygen atoms in total. The second-order valence-electron chi connectivity index (χ2n) is 12.0. The average molecular weight is 591 g/mol. The summed E-state index contributed by atoms with van der Waals surface area (Å²) >= 11 is 6.28. The molecule has 0 unspecified atom stereocenters. The Morgan fingerprint density at radius 3 is 2.71 bits per heavy atom. The van der Waals surface area contributed by atoms with Gasteiger partial charge in [-0.2, -0.15) is 4.98 Å². The number of nitrogens with two attached hydrogens (primary N) is 2. The van der Waals surface area contributed by atoms with Gasteiger partial charge >= 0.3 is 5.69 Å². The number of nitrogens with one attached hydrogen (secondary N) is 1. The largest absolute Gasteiger partial charge is 0.370 e. The van der Waals surface area contributed by atoms with E-state index in [2.05, 4.69) is 40.9 Å². The lowest BCUT2D eigenvalue weighted by atomic mass is 9.77. The SMILES string of the molecule is CC(C)CCCc1cc(Cl)c(F)c(-c2cc3cn(-c4ccc([C@@H]5CCC[C@@H](CCN=C(N)N)C5)cc4)c(=O)nc3[nH]2)c1. The minimum Gasteiger partial charge on any atom is -0.370 e. The van der Waals surface area contributed by atoms with Gasteiger partial charge in [0.2, 0.25) is 0 Å². The number of nitrogens with zero attached hydrogens (tertiary/aromatic N) is 3. The van der Waals surface area contributed by atoms with Crippen LogP contribution in [0.1, 0.15) is 75.8 Å². The highest BCUT2D eigenvalue weighted by Crippen LogP contribution is 2.38. The number of benzene rings is 2. The molecule has 0 spiro atoms. The van der Waals surface area contributed by atoms with Crippen LogP contribution in [0, 0.1) is 17.7 Å². The first-order valence-corrected chi connectivity index (χ1v) is 15.3. The maximum atomic E-state index is 15.1. The number of guanidine groups is 1. The van der Waals surface area contributed by atoms with Crippen molar-refractivity contribution in [1.82, 2.24) is 14.5 Å². The topological polar surface area (TPSA) is 115 Å². The summed E-state index contributed by atoms with van der Waals surface area (Å²) in [6, 6.07) is 13.5. The summed E-state index contributed by atoms with van der Waals surface area (Å²) in [7, 11) is 0. The molecule has 0 amide bonds.